The summed E-state index contributed by atoms with van der Waals surface area (Å²) in [6, 6.07) is 0.353. The Morgan fingerprint density at radius 1 is 1.36 bits per heavy atom. The highest BCUT2D eigenvalue weighted by Crippen LogP contribution is 2.27. The molecule has 2 rings (SSSR count). The third-order valence-electron chi connectivity index (χ3n) is 4.64. The number of likely N-dealkylation sites (tertiary alicyclic amines) is 1. The van der Waals surface area contributed by atoms with Gasteiger partial charge in [-0.2, -0.15) is 0 Å². The van der Waals surface area contributed by atoms with Gasteiger partial charge in [-0.05, 0) is 25.2 Å². The standard InChI is InChI=1S/C17H29N3O3S2/c1-12(2)9-14-10-23-16(22)20(14)13-5-7-19(8-6-13)15(21)11-25-17(24)18(3)4/h12-14H,5-11H2,1-4H3/t14-/m1/s1. The summed E-state index contributed by atoms with van der Waals surface area (Å²) < 4.78 is 6.00. The van der Waals surface area contributed by atoms with Crippen molar-refractivity contribution < 1.29 is 14.3 Å². The first kappa shape index (κ1) is 20.3. The van der Waals surface area contributed by atoms with Crippen LogP contribution in [0.5, 0.6) is 0 Å². The topological polar surface area (TPSA) is 53.1 Å². The van der Waals surface area contributed by atoms with E-state index in [9.17, 15) is 9.59 Å². The number of thiocarbonyl (C=S) groups is 1. The van der Waals surface area contributed by atoms with Crippen LogP contribution in [0.2, 0.25) is 0 Å². The summed E-state index contributed by atoms with van der Waals surface area (Å²) in [5.74, 6) is 1.03. The quantitative estimate of drug-likeness (QED) is 0.676. The Balaban J connectivity index is 1.83. The molecule has 0 bridgehead atoms. The maximum atomic E-state index is 12.3. The molecule has 2 aliphatic heterocycles. The lowest BCUT2D eigenvalue weighted by atomic mass is 9.98. The molecule has 2 fully saturated rings. The summed E-state index contributed by atoms with van der Waals surface area (Å²) in [6.07, 6.45) is 2.40. The van der Waals surface area contributed by atoms with Crippen LogP contribution in [-0.4, -0.2) is 82.6 Å². The number of carbonyl (C=O) groups is 2. The van der Waals surface area contributed by atoms with Crippen molar-refractivity contribution in [1.29, 1.82) is 0 Å². The van der Waals surface area contributed by atoms with E-state index in [2.05, 4.69) is 13.8 Å². The third-order valence-corrected chi connectivity index (χ3v) is 6.36. The number of piperidine rings is 1. The van der Waals surface area contributed by atoms with Crippen LogP contribution in [0.3, 0.4) is 0 Å². The van der Waals surface area contributed by atoms with Crippen LogP contribution >= 0.6 is 24.0 Å². The average Bonchev–Trinajstić information content (AvgIpc) is 2.92. The molecule has 2 aliphatic rings. The maximum Gasteiger partial charge on any atom is 0.410 e. The fraction of sp³-hybridized carbons (Fsp3) is 0.824. The van der Waals surface area contributed by atoms with Gasteiger partial charge in [0.25, 0.3) is 0 Å². The van der Waals surface area contributed by atoms with Crippen molar-refractivity contribution in [1.82, 2.24) is 14.7 Å². The van der Waals surface area contributed by atoms with Crippen molar-refractivity contribution >= 4 is 40.3 Å². The van der Waals surface area contributed by atoms with Gasteiger partial charge in [0.2, 0.25) is 5.91 Å². The van der Waals surface area contributed by atoms with Crippen molar-refractivity contribution in [2.45, 2.75) is 45.2 Å². The number of nitrogens with zero attached hydrogens (tertiary/aromatic N) is 3. The van der Waals surface area contributed by atoms with Gasteiger partial charge in [0, 0.05) is 33.2 Å². The SMILES string of the molecule is CC(C)C[C@@H]1COC(=O)N1C1CCN(C(=O)CSC(=S)N(C)C)CC1. The van der Waals surface area contributed by atoms with Crippen LogP contribution in [-0.2, 0) is 9.53 Å². The van der Waals surface area contributed by atoms with Crippen LogP contribution in [0.25, 0.3) is 0 Å². The van der Waals surface area contributed by atoms with E-state index in [0.29, 0.717) is 31.4 Å². The molecule has 6 nitrogen and oxygen atoms in total. The predicted molar refractivity (Wildman–Crippen MR) is 105 cm³/mol. The maximum absolute atomic E-state index is 12.3. The number of thioether (sulfide) groups is 1. The van der Waals surface area contributed by atoms with Crippen LogP contribution in [0, 0.1) is 5.92 Å². The summed E-state index contributed by atoms with van der Waals surface area (Å²) >= 11 is 6.61. The molecule has 0 aromatic carbocycles. The normalized spacial score (nSPS) is 21.6. The highest BCUT2D eigenvalue weighted by atomic mass is 32.2. The number of cyclic esters (lactones) is 1. The van der Waals surface area contributed by atoms with Gasteiger partial charge >= 0.3 is 6.09 Å². The van der Waals surface area contributed by atoms with Gasteiger partial charge in [0.05, 0.1) is 11.8 Å². The summed E-state index contributed by atoms with van der Waals surface area (Å²) in [5.41, 5.74) is 0. The van der Waals surface area contributed by atoms with Crippen molar-refractivity contribution in [3.8, 4) is 0 Å². The molecule has 25 heavy (non-hydrogen) atoms. The van der Waals surface area contributed by atoms with Crippen molar-refractivity contribution in [2.24, 2.45) is 5.92 Å². The second-order valence-electron chi connectivity index (χ2n) is 7.33. The smallest absolute Gasteiger partial charge is 0.410 e. The summed E-state index contributed by atoms with van der Waals surface area (Å²) in [7, 11) is 3.77. The van der Waals surface area contributed by atoms with Crippen molar-refractivity contribution in [3.63, 3.8) is 0 Å². The third kappa shape index (κ3) is 5.48. The molecular weight excluding hydrogens is 358 g/mol. The van der Waals surface area contributed by atoms with E-state index in [1.807, 2.05) is 28.8 Å². The average molecular weight is 388 g/mol. The van der Waals surface area contributed by atoms with E-state index in [1.165, 1.54) is 11.8 Å². The Bertz CT molecular complexity index is 505. The van der Waals surface area contributed by atoms with Gasteiger partial charge in [-0.1, -0.05) is 37.8 Å². The van der Waals surface area contributed by atoms with Gasteiger partial charge < -0.3 is 14.5 Å². The van der Waals surface area contributed by atoms with E-state index in [0.717, 1.165) is 23.6 Å². The van der Waals surface area contributed by atoms with Gasteiger partial charge in [-0.15, -0.1) is 0 Å². The number of hydrogen-bond acceptors (Lipinski definition) is 5. The Morgan fingerprint density at radius 2 is 2.00 bits per heavy atom. The predicted octanol–water partition coefficient (Wildman–Crippen LogP) is 2.42. The van der Waals surface area contributed by atoms with Crippen molar-refractivity contribution in [2.75, 3.05) is 39.5 Å². The second kappa shape index (κ2) is 9.07. The number of rotatable bonds is 5. The number of ether oxygens (including phenoxy) is 1. The summed E-state index contributed by atoms with van der Waals surface area (Å²) in [4.78, 5) is 30.1. The van der Waals surface area contributed by atoms with Gasteiger partial charge in [0.15, 0.2) is 0 Å². The van der Waals surface area contributed by atoms with Crippen LogP contribution in [0.4, 0.5) is 4.79 Å². The first-order chi connectivity index (χ1) is 11.8. The second-order valence-corrected chi connectivity index (χ2v) is 8.94. The van der Waals surface area contributed by atoms with Crippen LogP contribution < -0.4 is 0 Å². The van der Waals surface area contributed by atoms with E-state index < -0.39 is 0 Å². The highest BCUT2D eigenvalue weighted by molar-refractivity contribution is 8.23. The van der Waals surface area contributed by atoms with Gasteiger partial charge in [-0.3, -0.25) is 9.69 Å². The molecule has 2 heterocycles. The molecule has 0 radical (unpaired) electrons. The minimum Gasteiger partial charge on any atom is -0.447 e. The van der Waals surface area contributed by atoms with Crippen LogP contribution in [0.1, 0.15) is 33.1 Å². The Labute approximate surface area is 160 Å². The highest BCUT2D eigenvalue weighted by Gasteiger charge is 2.39. The zero-order valence-electron chi connectivity index (χ0n) is 15.6. The monoisotopic (exact) mass is 387 g/mol. The minimum absolute atomic E-state index is 0.121. The molecule has 1 atom stereocenters. The van der Waals surface area contributed by atoms with E-state index >= 15 is 0 Å². The molecule has 0 aromatic rings. The molecule has 0 spiro atoms. The van der Waals surface area contributed by atoms with E-state index in [-0.39, 0.29) is 24.1 Å². The fourth-order valence-electron chi connectivity index (χ4n) is 3.38. The molecule has 0 N–H and O–H groups in total. The lowest BCUT2D eigenvalue weighted by Gasteiger charge is -2.38. The zero-order valence-corrected chi connectivity index (χ0v) is 17.2. The largest absolute Gasteiger partial charge is 0.447 e. The zero-order chi connectivity index (χ0) is 18.6. The fourth-order valence-corrected chi connectivity index (χ4v) is 4.25. The first-order valence-electron chi connectivity index (χ1n) is 8.86. The van der Waals surface area contributed by atoms with E-state index in [4.69, 9.17) is 17.0 Å². The van der Waals surface area contributed by atoms with Gasteiger partial charge in [-0.25, -0.2) is 4.79 Å². The molecule has 0 saturated carbocycles. The van der Waals surface area contributed by atoms with Crippen molar-refractivity contribution in [3.05, 3.63) is 0 Å². The number of hydrogen-bond donors (Lipinski definition) is 0. The lowest BCUT2D eigenvalue weighted by molar-refractivity contribution is -0.129. The molecule has 0 aromatic heterocycles. The Hall–Kier alpha value is -1.02. The molecule has 2 amide bonds. The Kier molecular flexibility index (Phi) is 7.37. The lowest BCUT2D eigenvalue weighted by Crippen LogP contribution is -2.50. The number of carbonyl (C=O) groups excluding carboxylic acids is 2. The molecule has 142 valence electrons. The molecular formula is C17H29N3O3S2. The van der Waals surface area contributed by atoms with E-state index in [1.54, 1.807) is 0 Å². The number of amides is 2. The molecule has 0 aliphatic carbocycles. The molecule has 2 saturated heterocycles. The van der Waals surface area contributed by atoms with Gasteiger partial charge in [0.1, 0.15) is 10.9 Å². The summed E-state index contributed by atoms with van der Waals surface area (Å²) in [5, 5.41) is 0. The Morgan fingerprint density at radius 3 is 2.56 bits per heavy atom. The minimum atomic E-state index is -0.192. The summed E-state index contributed by atoms with van der Waals surface area (Å²) in [6.45, 7) is 6.21. The first-order valence-corrected chi connectivity index (χ1v) is 10.3. The van der Waals surface area contributed by atoms with Crippen LogP contribution in [0.15, 0.2) is 0 Å². The molecule has 8 heteroatoms. The molecule has 0 unspecified atom stereocenters.